The van der Waals surface area contributed by atoms with Gasteiger partial charge in [0.15, 0.2) is 16.8 Å². The number of ketones is 1. The van der Waals surface area contributed by atoms with Gasteiger partial charge < -0.3 is 4.74 Å². The molecule has 3 aromatic rings. The summed E-state index contributed by atoms with van der Waals surface area (Å²) in [4.78, 5) is 16.8. The highest BCUT2D eigenvalue weighted by atomic mass is 35.5. The number of carbonyl (C=O) groups excluding carboxylic acids is 1. The first kappa shape index (κ1) is 19.5. The maximum absolute atomic E-state index is 12.7. The fourth-order valence-corrected chi connectivity index (χ4v) is 3.71. The Morgan fingerprint density at radius 1 is 1.26 bits per heavy atom. The highest BCUT2D eigenvalue weighted by Gasteiger charge is 2.22. The van der Waals surface area contributed by atoms with E-state index in [4.69, 9.17) is 16.3 Å². The van der Waals surface area contributed by atoms with Crippen LogP contribution in [0.3, 0.4) is 0 Å². The van der Waals surface area contributed by atoms with Crippen LogP contribution >= 0.6 is 23.4 Å². The standard InChI is InChI=1S/C19H19ClN4O2S/c1-13(17(25)15-4-3-5-16(20)12-15)27-19-23-22-18(24(19)10-11-26-2)14-6-8-21-9-7-14/h3-9,12-13H,10-11H2,1-2H3. The van der Waals surface area contributed by atoms with E-state index in [9.17, 15) is 4.79 Å². The Kier molecular flexibility index (Phi) is 6.60. The van der Waals surface area contributed by atoms with Gasteiger partial charge in [0.2, 0.25) is 0 Å². The van der Waals surface area contributed by atoms with Crippen LogP contribution in [0.1, 0.15) is 17.3 Å². The molecule has 0 N–H and O–H groups in total. The lowest BCUT2D eigenvalue weighted by Crippen LogP contribution is -2.15. The summed E-state index contributed by atoms with van der Waals surface area (Å²) in [7, 11) is 1.65. The number of rotatable bonds is 8. The third-order valence-electron chi connectivity index (χ3n) is 3.93. The molecule has 0 amide bonds. The lowest BCUT2D eigenvalue weighted by Gasteiger charge is -2.13. The van der Waals surface area contributed by atoms with Crippen LogP contribution in [0.2, 0.25) is 5.02 Å². The van der Waals surface area contributed by atoms with Crippen molar-refractivity contribution < 1.29 is 9.53 Å². The molecule has 0 saturated heterocycles. The minimum atomic E-state index is -0.334. The summed E-state index contributed by atoms with van der Waals surface area (Å²) in [5, 5.41) is 9.49. The Balaban J connectivity index is 1.85. The third-order valence-corrected chi connectivity index (χ3v) is 5.25. The van der Waals surface area contributed by atoms with Crippen molar-refractivity contribution in [3.63, 3.8) is 0 Å². The number of aromatic nitrogens is 4. The highest BCUT2D eigenvalue weighted by molar-refractivity contribution is 8.00. The van der Waals surface area contributed by atoms with Crippen LogP contribution in [0.25, 0.3) is 11.4 Å². The van der Waals surface area contributed by atoms with E-state index in [-0.39, 0.29) is 11.0 Å². The minimum Gasteiger partial charge on any atom is -0.383 e. The predicted octanol–water partition coefficient (Wildman–Crippen LogP) is 4.00. The number of hydrogen-bond acceptors (Lipinski definition) is 6. The molecule has 0 bridgehead atoms. The number of nitrogens with zero attached hydrogens (tertiary/aromatic N) is 4. The van der Waals surface area contributed by atoms with Gasteiger partial charge in [0, 0.05) is 35.7 Å². The summed E-state index contributed by atoms with van der Waals surface area (Å²) in [6, 6.07) is 10.7. The lowest BCUT2D eigenvalue weighted by atomic mass is 10.1. The van der Waals surface area contributed by atoms with Gasteiger partial charge in [0.1, 0.15) is 0 Å². The normalized spacial score (nSPS) is 12.1. The van der Waals surface area contributed by atoms with E-state index in [1.807, 2.05) is 23.6 Å². The molecule has 0 radical (unpaired) electrons. The van der Waals surface area contributed by atoms with Crippen LogP contribution in [0.4, 0.5) is 0 Å². The Bertz CT molecular complexity index is 917. The van der Waals surface area contributed by atoms with E-state index in [1.54, 1.807) is 43.8 Å². The van der Waals surface area contributed by atoms with Gasteiger partial charge >= 0.3 is 0 Å². The average molecular weight is 403 g/mol. The van der Waals surface area contributed by atoms with Gasteiger partial charge in [-0.2, -0.15) is 0 Å². The summed E-state index contributed by atoms with van der Waals surface area (Å²) >= 11 is 7.37. The van der Waals surface area contributed by atoms with Crippen LogP contribution in [0.15, 0.2) is 53.9 Å². The summed E-state index contributed by atoms with van der Waals surface area (Å²) < 4.78 is 7.18. The van der Waals surface area contributed by atoms with Gasteiger partial charge in [0.25, 0.3) is 0 Å². The van der Waals surface area contributed by atoms with Crippen molar-refractivity contribution in [2.75, 3.05) is 13.7 Å². The van der Waals surface area contributed by atoms with Crippen molar-refractivity contribution in [1.29, 1.82) is 0 Å². The molecule has 0 fully saturated rings. The Hall–Kier alpha value is -2.22. The molecule has 140 valence electrons. The van der Waals surface area contributed by atoms with E-state index in [0.29, 0.717) is 28.9 Å². The highest BCUT2D eigenvalue weighted by Crippen LogP contribution is 2.28. The number of carbonyl (C=O) groups is 1. The maximum atomic E-state index is 12.7. The first-order chi connectivity index (χ1) is 13.1. The van der Waals surface area contributed by atoms with Crippen molar-refractivity contribution in [1.82, 2.24) is 19.7 Å². The quantitative estimate of drug-likeness (QED) is 0.419. The van der Waals surface area contributed by atoms with Gasteiger partial charge in [-0.15, -0.1) is 10.2 Å². The van der Waals surface area contributed by atoms with E-state index >= 15 is 0 Å². The largest absolute Gasteiger partial charge is 0.383 e. The molecular weight excluding hydrogens is 384 g/mol. The molecule has 0 aliphatic heterocycles. The molecule has 0 aliphatic carbocycles. The number of hydrogen-bond donors (Lipinski definition) is 0. The monoisotopic (exact) mass is 402 g/mol. The number of thioether (sulfide) groups is 1. The van der Waals surface area contributed by atoms with Crippen LogP contribution in [-0.2, 0) is 11.3 Å². The summed E-state index contributed by atoms with van der Waals surface area (Å²) in [5.41, 5.74) is 1.49. The van der Waals surface area contributed by atoms with Crippen LogP contribution < -0.4 is 0 Å². The van der Waals surface area contributed by atoms with Gasteiger partial charge in [-0.05, 0) is 31.2 Å². The molecule has 1 atom stereocenters. The van der Waals surface area contributed by atoms with Gasteiger partial charge in [-0.1, -0.05) is 35.5 Å². The van der Waals surface area contributed by atoms with Crippen LogP contribution in [0, 0.1) is 0 Å². The molecule has 27 heavy (non-hydrogen) atoms. The van der Waals surface area contributed by atoms with Crippen LogP contribution in [0.5, 0.6) is 0 Å². The van der Waals surface area contributed by atoms with E-state index in [0.717, 1.165) is 11.4 Å². The zero-order valence-corrected chi connectivity index (χ0v) is 16.6. The number of benzene rings is 1. The molecule has 3 rings (SSSR count). The molecule has 1 unspecified atom stereocenters. The van der Waals surface area contributed by atoms with Crippen molar-refractivity contribution in [3.05, 3.63) is 59.4 Å². The number of pyridine rings is 1. The molecule has 0 aliphatic rings. The Labute approximate surface area is 166 Å². The van der Waals surface area contributed by atoms with E-state index < -0.39 is 0 Å². The number of methoxy groups -OCH3 is 1. The summed E-state index contributed by atoms with van der Waals surface area (Å²) in [6.07, 6.45) is 3.42. The fourth-order valence-electron chi connectivity index (χ4n) is 2.56. The van der Waals surface area contributed by atoms with Crippen LogP contribution in [-0.4, -0.2) is 44.5 Å². The topological polar surface area (TPSA) is 69.9 Å². The first-order valence-corrected chi connectivity index (χ1v) is 9.65. The second-order valence-corrected chi connectivity index (χ2v) is 7.57. The zero-order valence-electron chi connectivity index (χ0n) is 15.0. The minimum absolute atomic E-state index is 0.00532. The molecule has 0 spiro atoms. The van der Waals surface area contributed by atoms with Crippen molar-refractivity contribution >= 4 is 29.1 Å². The molecule has 2 heterocycles. The second kappa shape index (κ2) is 9.12. The average Bonchev–Trinajstić information content (AvgIpc) is 3.08. The molecule has 2 aromatic heterocycles. The van der Waals surface area contributed by atoms with E-state index in [1.165, 1.54) is 11.8 Å². The fraction of sp³-hybridized carbons (Fsp3) is 0.263. The van der Waals surface area contributed by atoms with Gasteiger partial charge in [0.05, 0.1) is 18.4 Å². The molecule has 8 heteroatoms. The van der Waals surface area contributed by atoms with Crippen molar-refractivity contribution in [3.8, 4) is 11.4 Å². The summed E-state index contributed by atoms with van der Waals surface area (Å²) in [6.45, 7) is 2.96. The second-order valence-electron chi connectivity index (χ2n) is 5.82. The van der Waals surface area contributed by atoms with Crippen molar-refractivity contribution in [2.24, 2.45) is 0 Å². The number of ether oxygens (including phenoxy) is 1. The molecule has 6 nitrogen and oxygen atoms in total. The van der Waals surface area contributed by atoms with Gasteiger partial charge in [-0.3, -0.25) is 14.3 Å². The van der Waals surface area contributed by atoms with Gasteiger partial charge in [-0.25, -0.2) is 0 Å². The third kappa shape index (κ3) is 4.74. The maximum Gasteiger partial charge on any atom is 0.192 e. The predicted molar refractivity (Wildman–Crippen MR) is 106 cm³/mol. The number of Topliss-reactive ketones (excluding diaryl/α,β-unsaturated/α-hetero) is 1. The SMILES string of the molecule is COCCn1c(SC(C)C(=O)c2cccc(Cl)c2)nnc1-c1ccncc1. The zero-order chi connectivity index (χ0) is 19.2. The van der Waals surface area contributed by atoms with Crippen molar-refractivity contribution in [2.45, 2.75) is 23.9 Å². The smallest absolute Gasteiger partial charge is 0.192 e. The summed E-state index contributed by atoms with van der Waals surface area (Å²) in [5.74, 6) is 0.716. The number of halogens is 1. The Morgan fingerprint density at radius 2 is 2.04 bits per heavy atom. The Morgan fingerprint density at radius 3 is 2.74 bits per heavy atom. The first-order valence-electron chi connectivity index (χ1n) is 8.39. The lowest BCUT2D eigenvalue weighted by molar-refractivity contribution is 0.0994. The van der Waals surface area contributed by atoms with E-state index in [2.05, 4.69) is 15.2 Å². The molecular formula is C19H19ClN4O2S. The molecule has 0 saturated carbocycles. The molecule has 1 aromatic carbocycles.